The van der Waals surface area contributed by atoms with E-state index in [-0.39, 0.29) is 5.70 Å². The molecule has 0 unspecified atom stereocenters. The number of nitrogens with zero attached hydrogens (tertiary/aromatic N) is 1. The van der Waals surface area contributed by atoms with Gasteiger partial charge in [-0.1, -0.05) is 6.92 Å². The normalized spacial score (nSPS) is 11.2. The van der Waals surface area contributed by atoms with Crippen molar-refractivity contribution in [3.63, 3.8) is 0 Å². The first-order valence-corrected chi connectivity index (χ1v) is 3.23. The van der Waals surface area contributed by atoms with Crippen LogP contribution in [0.5, 0.6) is 0 Å². The second-order valence-electron chi connectivity index (χ2n) is 2.00. The fourth-order valence-corrected chi connectivity index (χ4v) is 0.417. The molecule has 0 amide bonds. The van der Waals surface area contributed by atoms with Crippen molar-refractivity contribution in [2.24, 2.45) is 0 Å². The van der Waals surface area contributed by atoms with E-state index in [4.69, 9.17) is 0 Å². The fraction of sp³-hybridized carbons (Fsp3) is 0.667. The molecule has 0 atom stereocenters. The minimum absolute atomic E-state index is 0.147. The summed E-state index contributed by atoms with van der Waals surface area (Å²) < 4.78 is 0. The largest absolute Gasteiger partial charge is 0.386 e. The standard InChI is InChI=1S/C6H12N2O2/c1-3-4-7-5-6(2)8(9)10/h5,7H,3-4H2,1-2H3/b6-5+. The molecule has 0 saturated carbocycles. The maximum Gasteiger partial charge on any atom is 0.258 e. The Hall–Kier alpha value is -1.06. The molecule has 0 aromatic rings. The van der Waals surface area contributed by atoms with Crippen LogP contribution < -0.4 is 5.32 Å². The molecule has 0 aliphatic carbocycles. The maximum atomic E-state index is 9.99. The maximum absolute atomic E-state index is 9.99. The van der Waals surface area contributed by atoms with Gasteiger partial charge in [0.05, 0.1) is 11.1 Å². The average Bonchev–Trinajstić information content (AvgIpc) is 1.88. The first-order chi connectivity index (χ1) is 4.68. The summed E-state index contributed by atoms with van der Waals surface area (Å²) in [6.45, 7) is 4.25. The molecular weight excluding hydrogens is 132 g/mol. The Morgan fingerprint density at radius 2 is 2.40 bits per heavy atom. The number of nitro groups is 1. The number of allylic oxidation sites excluding steroid dienone is 1. The number of nitrogens with one attached hydrogen (secondary N) is 1. The van der Waals surface area contributed by atoms with Crippen LogP contribution >= 0.6 is 0 Å². The average molecular weight is 144 g/mol. The van der Waals surface area contributed by atoms with Gasteiger partial charge in [-0.15, -0.1) is 0 Å². The van der Waals surface area contributed by atoms with Gasteiger partial charge in [0.2, 0.25) is 0 Å². The quantitative estimate of drug-likeness (QED) is 0.365. The zero-order chi connectivity index (χ0) is 7.98. The molecule has 0 aromatic heterocycles. The molecule has 0 aliphatic rings. The Morgan fingerprint density at radius 1 is 1.80 bits per heavy atom. The van der Waals surface area contributed by atoms with E-state index in [1.807, 2.05) is 6.92 Å². The first-order valence-electron chi connectivity index (χ1n) is 3.23. The summed E-state index contributed by atoms with van der Waals surface area (Å²) in [7, 11) is 0. The molecule has 0 aliphatic heterocycles. The number of rotatable bonds is 4. The lowest BCUT2D eigenvalue weighted by Gasteiger charge is -1.94. The second-order valence-corrected chi connectivity index (χ2v) is 2.00. The van der Waals surface area contributed by atoms with Gasteiger partial charge < -0.3 is 5.32 Å². The Labute approximate surface area is 60.1 Å². The van der Waals surface area contributed by atoms with Crippen molar-refractivity contribution >= 4 is 0 Å². The van der Waals surface area contributed by atoms with Crippen LogP contribution in [0.4, 0.5) is 0 Å². The smallest absolute Gasteiger partial charge is 0.258 e. The Bertz CT molecular complexity index is 143. The van der Waals surface area contributed by atoms with Gasteiger partial charge in [-0.3, -0.25) is 10.1 Å². The molecule has 1 N–H and O–H groups in total. The summed E-state index contributed by atoms with van der Waals surface area (Å²) in [5.41, 5.74) is 0.147. The van der Waals surface area contributed by atoms with Gasteiger partial charge in [0.25, 0.3) is 5.70 Å². The predicted molar refractivity (Wildman–Crippen MR) is 39.0 cm³/mol. The van der Waals surface area contributed by atoms with Crippen molar-refractivity contribution in [1.29, 1.82) is 0 Å². The molecule has 0 aromatic carbocycles. The van der Waals surface area contributed by atoms with Crippen LogP contribution in [0.15, 0.2) is 11.9 Å². The van der Waals surface area contributed by atoms with E-state index in [1.54, 1.807) is 0 Å². The van der Waals surface area contributed by atoms with E-state index >= 15 is 0 Å². The summed E-state index contributed by atoms with van der Waals surface area (Å²) >= 11 is 0. The zero-order valence-corrected chi connectivity index (χ0v) is 6.26. The van der Waals surface area contributed by atoms with E-state index < -0.39 is 4.92 Å². The molecule has 0 fully saturated rings. The van der Waals surface area contributed by atoms with Gasteiger partial charge in [0, 0.05) is 13.5 Å². The lowest BCUT2D eigenvalue weighted by Crippen LogP contribution is -2.08. The summed E-state index contributed by atoms with van der Waals surface area (Å²) in [4.78, 5) is 9.58. The van der Waals surface area contributed by atoms with Crippen LogP contribution in [0.25, 0.3) is 0 Å². The van der Waals surface area contributed by atoms with E-state index in [0.717, 1.165) is 13.0 Å². The van der Waals surface area contributed by atoms with E-state index in [9.17, 15) is 10.1 Å². The summed E-state index contributed by atoms with van der Waals surface area (Å²) in [6.07, 6.45) is 2.39. The van der Waals surface area contributed by atoms with Crippen molar-refractivity contribution in [3.05, 3.63) is 22.0 Å². The van der Waals surface area contributed by atoms with Gasteiger partial charge in [-0.25, -0.2) is 0 Å². The summed E-state index contributed by atoms with van der Waals surface area (Å²) in [5.74, 6) is 0. The van der Waals surface area contributed by atoms with Crippen molar-refractivity contribution in [2.45, 2.75) is 20.3 Å². The third-order valence-corrected chi connectivity index (χ3v) is 0.993. The highest BCUT2D eigenvalue weighted by Gasteiger charge is 1.98. The Morgan fingerprint density at radius 3 is 2.80 bits per heavy atom. The van der Waals surface area contributed by atoms with Gasteiger partial charge in [0.1, 0.15) is 0 Å². The molecule has 0 rings (SSSR count). The predicted octanol–water partition coefficient (Wildman–Crippen LogP) is 1.12. The van der Waals surface area contributed by atoms with Crippen LogP contribution in [0.3, 0.4) is 0 Å². The fourth-order valence-electron chi connectivity index (χ4n) is 0.417. The lowest BCUT2D eigenvalue weighted by atomic mass is 10.5. The van der Waals surface area contributed by atoms with E-state index in [1.165, 1.54) is 13.1 Å². The molecule has 4 nitrogen and oxygen atoms in total. The number of hydrogen-bond donors (Lipinski definition) is 1. The first kappa shape index (κ1) is 8.94. The highest BCUT2D eigenvalue weighted by atomic mass is 16.6. The third-order valence-electron chi connectivity index (χ3n) is 0.993. The molecule has 0 heterocycles. The summed E-state index contributed by atoms with van der Waals surface area (Å²) in [5, 5.41) is 12.8. The van der Waals surface area contributed by atoms with Gasteiger partial charge in [-0.05, 0) is 6.42 Å². The molecule has 4 heteroatoms. The van der Waals surface area contributed by atoms with Crippen LogP contribution in [0.1, 0.15) is 20.3 Å². The molecule has 0 radical (unpaired) electrons. The Kier molecular flexibility index (Phi) is 4.28. The van der Waals surface area contributed by atoms with E-state index in [2.05, 4.69) is 5.32 Å². The molecule has 58 valence electrons. The molecule has 0 bridgehead atoms. The lowest BCUT2D eigenvalue weighted by molar-refractivity contribution is -0.424. The SMILES string of the molecule is CCCN/C=C(\C)[N+](=O)[O-]. The molecule has 10 heavy (non-hydrogen) atoms. The van der Waals surface area contributed by atoms with Crippen LogP contribution in [-0.4, -0.2) is 11.5 Å². The monoisotopic (exact) mass is 144 g/mol. The minimum Gasteiger partial charge on any atom is -0.386 e. The Balaban J connectivity index is 3.58. The highest BCUT2D eigenvalue weighted by molar-refractivity contribution is 4.84. The van der Waals surface area contributed by atoms with Crippen LogP contribution in [0, 0.1) is 10.1 Å². The van der Waals surface area contributed by atoms with Crippen molar-refractivity contribution in [1.82, 2.24) is 5.32 Å². The third kappa shape index (κ3) is 3.88. The highest BCUT2D eigenvalue weighted by Crippen LogP contribution is 1.88. The van der Waals surface area contributed by atoms with Crippen molar-refractivity contribution < 1.29 is 4.92 Å². The van der Waals surface area contributed by atoms with Gasteiger partial charge >= 0.3 is 0 Å². The topological polar surface area (TPSA) is 55.2 Å². The summed E-state index contributed by atoms with van der Waals surface area (Å²) in [6, 6.07) is 0. The molecule has 0 saturated heterocycles. The number of hydrogen-bond acceptors (Lipinski definition) is 3. The molecular formula is C6H12N2O2. The van der Waals surface area contributed by atoms with E-state index in [0.29, 0.717) is 0 Å². The van der Waals surface area contributed by atoms with Gasteiger partial charge in [0.15, 0.2) is 0 Å². The van der Waals surface area contributed by atoms with Crippen molar-refractivity contribution in [3.8, 4) is 0 Å². The van der Waals surface area contributed by atoms with Crippen LogP contribution in [-0.2, 0) is 0 Å². The second kappa shape index (κ2) is 4.78. The van der Waals surface area contributed by atoms with Crippen LogP contribution in [0.2, 0.25) is 0 Å². The van der Waals surface area contributed by atoms with Gasteiger partial charge in [-0.2, -0.15) is 0 Å². The zero-order valence-electron chi connectivity index (χ0n) is 6.26. The van der Waals surface area contributed by atoms with Crippen molar-refractivity contribution in [2.75, 3.05) is 6.54 Å². The molecule has 0 spiro atoms. The minimum atomic E-state index is -0.414.